The number of nitrogens with zero attached hydrogens (tertiary/aromatic N) is 3. The van der Waals surface area contributed by atoms with Gasteiger partial charge in [0.25, 0.3) is 0 Å². The lowest BCUT2D eigenvalue weighted by molar-refractivity contribution is 0.414. The number of aromatic nitrogens is 3. The third-order valence-corrected chi connectivity index (χ3v) is 2.90. The number of hydrogen-bond donors (Lipinski definition) is 0. The van der Waals surface area contributed by atoms with Crippen LogP contribution >= 0.6 is 0 Å². The largest absolute Gasteiger partial charge is 0.494 e. The van der Waals surface area contributed by atoms with Gasteiger partial charge < -0.3 is 4.74 Å². The van der Waals surface area contributed by atoms with Crippen molar-refractivity contribution in [3.63, 3.8) is 0 Å². The van der Waals surface area contributed by atoms with E-state index < -0.39 is 0 Å². The van der Waals surface area contributed by atoms with Crippen LogP contribution in [0.3, 0.4) is 0 Å². The van der Waals surface area contributed by atoms with Crippen molar-refractivity contribution < 1.29 is 4.74 Å². The zero-order valence-corrected chi connectivity index (χ0v) is 11.8. The summed E-state index contributed by atoms with van der Waals surface area (Å²) >= 11 is 0. The van der Waals surface area contributed by atoms with Crippen LogP contribution in [0.1, 0.15) is 24.7 Å². The lowest BCUT2D eigenvalue weighted by Gasteiger charge is -2.05. The summed E-state index contributed by atoms with van der Waals surface area (Å²) in [5.41, 5.74) is 3.63. The van der Waals surface area contributed by atoms with Crippen LogP contribution in [0.25, 0.3) is 17.5 Å². The predicted octanol–water partition coefficient (Wildman–Crippen LogP) is 3.22. The summed E-state index contributed by atoms with van der Waals surface area (Å²) in [5.74, 6) is 0.745. The molecule has 0 fully saturated rings. The molecule has 2 aromatic heterocycles. The second kappa shape index (κ2) is 5.69. The molecule has 0 aliphatic heterocycles. The summed E-state index contributed by atoms with van der Waals surface area (Å²) in [6.07, 6.45) is 5.19. The Morgan fingerprint density at radius 2 is 2.16 bits per heavy atom. The molecule has 0 unspecified atom stereocenters. The van der Waals surface area contributed by atoms with E-state index in [-0.39, 0.29) is 0 Å². The van der Waals surface area contributed by atoms with Gasteiger partial charge in [-0.05, 0) is 37.6 Å². The van der Waals surface area contributed by atoms with Gasteiger partial charge in [0.15, 0.2) is 0 Å². The molecule has 0 aromatic carbocycles. The highest BCUT2D eigenvalue weighted by Crippen LogP contribution is 2.27. The van der Waals surface area contributed by atoms with E-state index in [0.717, 1.165) is 34.9 Å². The third kappa shape index (κ3) is 2.84. The van der Waals surface area contributed by atoms with Gasteiger partial charge in [0.2, 0.25) is 0 Å². The van der Waals surface area contributed by atoms with Crippen LogP contribution in [0.15, 0.2) is 24.3 Å². The second-order valence-electron chi connectivity index (χ2n) is 4.39. The topological polar surface area (TPSA) is 39.9 Å². The van der Waals surface area contributed by atoms with Gasteiger partial charge in [-0.3, -0.25) is 4.68 Å². The second-order valence-corrected chi connectivity index (χ2v) is 4.39. The molecule has 0 radical (unpaired) electrons. The highest BCUT2D eigenvalue weighted by molar-refractivity contribution is 5.65. The maximum Gasteiger partial charge on any atom is 0.146 e. The van der Waals surface area contributed by atoms with E-state index in [2.05, 4.69) is 29.2 Å². The minimum atomic E-state index is 0.745. The Balaban J connectivity index is 2.47. The zero-order chi connectivity index (χ0) is 13.8. The van der Waals surface area contributed by atoms with Crippen molar-refractivity contribution in [2.24, 2.45) is 7.05 Å². The van der Waals surface area contributed by atoms with Gasteiger partial charge in [-0.25, -0.2) is 4.98 Å². The number of aryl methyl sites for hydroxylation is 2. The summed E-state index contributed by atoms with van der Waals surface area (Å²) in [6.45, 7) is 4.07. The summed E-state index contributed by atoms with van der Waals surface area (Å²) in [4.78, 5) is 4.52. The molecule has 100 valence electrons. The summed E-state index contributed by atoms with van der Waals surface area (Å²) in [5, 5.41) is 4.51. The molecule has 0 saturated heterocycles. The van der Waals surface area contributed by atoms with Crippen LogP contribution < -0.4 is 4.74 Å². The molecule has 0 saturated carbocycles. The number of ether oxygens (including phenoxy) is 1. The molecular formula is C15H19N3O. The lowest BCUT2D eigenvalue weighted by Crippen LogP contribution is -1.96. The maximum absolute atomic E-state index is 5.36. The molecule has 0 spiro atoms. The van der Waals surface area contributed by atoms with Crippen LogP contribution in [-0.4, -0.2) is 21.9 Å². The standard InChI is InChI=1S/C15H19N3O/c1-5-6-7-12-10-13(17-18(12)3)15-14(19-4)9-8-11(2)16-15/h6-10H,5H2,1-4H3/b7-6-. The Morgan fingerprint density at radius 3 is 2.84 bits per heavy atom. The quantitative estimate of drug-likeness (QED) is 0.844. The minimum absolute atomic E-state index is 0.745. The Hall–Kier alpha value is -2.10. The van der Waals surface area contributed by atoms with E-state index in [1.807, 2.05) is 36.9 Å². The minimum Gasteiger partial charge on any atom is -0.494 e. The molecular weight excluding hydrogens is 238 g/mol. The Labute approximate surface area is 113 Å². The number of methoxy groups -OCH3 is 1. The maximum atomic E-state index is 5.36. The normalized spacial score (nSPS) is 11.2. The molecule has 0 amide bonds. The fourth-order valence-electron chi connectivity index (χ4n) is 1.88. The zero-order valence-electron chi connectivity index (χ0n) is 11.8. The molecule has 4 heteroatoms. The van der Waals surface area contributed by atoms with Gasteiger partial charge in [-0.1, -0.05) is 13.0 Å². The summed E-state index contributed by atoms with van der Waals surface area (Å²) in [7, 11) is 3.58. The van der Waals surface area contributed by atoms with E-state index in [1.165, 1.54) is 0 Å². The molecule has 0 atom stereocenters. The van der Waals surface area contributed by atoms with Gasteiger partial charge in [-0.15, -0.1) is 0 Å². The number of allylic oxidation sites excluding steroid dienone is 1. The van der Waals surface area contributed by atoms with Gasteiger partial charge in [0.05, 0.1) is 12.8 Å². The molecule has 0 N–H and O–H groups in total. The van der Waals surface area contributed by atoms with E-state index in [0.29, 0.717) is 0 Å². The van der Waals surface area contributed by atoms with Gasteiger partial charge in [-0.2, -0.15) is 5.10 Å². The molecule has 2 rings (SSSR count). The molecule has 4 nitrogen and oxygen atoms in total. The first kappa shape index (κ1) is 13.3. The molecule has 2 aromatic rings. The van der Waals surface area contributed by atoms with Crippen molar-refractivity contribution in [2.75, 3.05) is 7.11 Å². The first-order valence-corrected chi connectivity index (χ1v) is 6.38. The lowest BCUT2D eigenvalue weighted by atomic mass is 10.2. The van der Waals surface area contributed by atoms with Crippen molar-refractivity contribution in [3.8, 4) is 17.1 Å². The fourth-order valence-corrected chi connectivity index (χ4v) is 1.88. The summed E-state index contributed by atoms with van der Waals surface area (Å²) in [6, 6.07) is 5.88. The summed E-state index contributed by atoms with van der Waals surface area (Å²) < 4.78 is 7.21. The van der Waals surface area contributed by atoms with Crippen molar-refractivity contribution in [1.82, 2.24) is 14.8 Å². The van der Waals surface area contributed by atoms with Crippen molar-refractivity contribution in [3.05, 3.63) is 35.7 Å². The molecule has 0 bridgehead atoms. The predicted molar refractivity (Wildman–Crippen MR) is 77.1 cm³/mol. The first-order valence-electron chi connectivity index (χ1n) is 6.38. The highest BCUT2D eigenvalue weighted by atomic mass is 16.5. The molecule has 19 heavy (non-hydrogen) atoms. The van der Waals surface area contributed by atoms with Crippen LogP contribution in [0, 0.1) is 6.92 Å². The highest BCUT2D eigenvalue weighted by Gasteiger charge is 2.12. The number of pyridine rings is 1. The number of rotatable bonds is 4. The Morgan fingerprint density at radius 1 is 1.37 bits per heavy atom. The SMILES string of the molecule is CC/C=C\c1cc(-c2nc(C)ccc2OC)nn1C. The van der Waals surface area contributed by atoms with E-state index in [9.17, 15) is 0 Å². The molecule has 0 aliphatic carbocycles. The van der Waals surface area contributed by atoms with Gasteiger partial charge >= 0.3 is 0 Å². The van der Waals surface area contributed by atoms with E-state index in [4.69, 9.17) is 4.74 Å². The van der Waals surface area contributed by atoms with Crippen LogP contribution in [-0.2, 0) is 7.05 Å². The van der Waals surface area contributed by atoms with Crippen LogP contribution in [0.4, 0.5) is 0 Å². The monoisotopic (exact) mass is 257 g/mol. The van der Waals surface area contributed by atoms with Crippen LogP contribution in [0.2, 0.25) is 0 Å². The molecule has 2 heterocycles. The van der Waals surface area contributed by atoms with Crippen LogP contribution in [0.5, 0.6) is 5.75 Å². The van der Waals surface area contributed by atoms with Crippen molar-refractivity contribution in [2.45, 2.75) is 20.3 Å². The number of hydrogen-bond acceptors (Lipinski definition) is 3. The Kier molecular flexibility index (Phi) is 4.00. The third-order valence-electron chi connectivity index (χ3n) is 2.90. The average Bonchev–Trinajstić information content (AvgIpc) is 2.77. The Bertz CT molecular complexity index is 599. The first-order chi connectivity index (χ1) is 9.15. The fraction of sp³-hybridized carbons (Fsp3) is 0.333. The smallest absolute Gasteiger partial charge is 0.146 e. The van der Waals surface area contributed by atoms with Crippen molar-refractivity contribution in [1.29, 1.82) is 0 Å². The van der Waals surface area contributed by atoms with Gasteiger partial charge in [0, 0.05) is 12.7 Å². The van der Waals surface area contributed by atoms with Gasteiger partial charge in [0.1, 0.15) is 17.1 Å². The average molecular weight is 257 g/mol. The van der Waals surface area contributed by atoms with E-state index >= 15 is 0 Å². The molecule has 0 aliphatic rings. The van der Waals surface area contributed by atoms with Crippen molar-refractivity contribution >= 4 is 6.08 Å². The van der Waals surface area contributed by atoms with E-state index in [1.54, 1.807) is 7.11 Å².